The normalized spacial score (nSPS) is 10.4. The molecule has 0 radical (unpaired) electrons. The van der Waals surface area contributed by atoms with Crippen LogP contribution in [0.25, 0.3) is 11.6 Å². The Morgan fingerprint density at radius 1 is 0.944 bits per heavy atom. The van der Waals surface area contributed by atoms with Crippen LogP contribution < -0.4 is 0 Å². The molecule has 2 heterocycles. The highest BCUT2D eigenvalue weighted by Crippen LogP contribution is 2.17. The molecular weight excluding hydrogens is 224 g/mol. The number of aromatic nitrogens is 2. The lowest BCUT2D eigenvalue weighted by Crippen LogP contribution is -1.88. The molecule has 0 aliphatic rings. The maximum atomic E-state index is 5.45. The van der Waals surface area contributed by atoms with Crippen molar-refractivity contribution in [2.45, 2.75) is 6.42 Å². The van der Waals surface area contributed by atoms with Gasteiger partial charge in [-0.15, -0.1) is 0 Å². The Hall–Kier alpha value is -2.42. The Morgan fingerprint density at radius 2 is 1.78 bits per heavy atom. The van der Waals surface area contributed by atoms with E-state index in [1.807, 2.05) is 36.4 Å². The number of hydrogen-bond acceptors (Lipinski definition) is 3. The summed E-state index contributed by atoms with van der Waals surface area (Å²) in [4.78, 5) is 8.66. The van der Waals surface area contributed by atoms with E-state index >= 15 is 0 Å². The second-order valence-corrected chi connectivity index (χ2v) is 4.02. The van der Waals surface area contributed by atoms with Gasteiger partial charge in [-0.3, -0.25) is 4.98 Å². The molecule has 0 aliphatic carbocycles. The quantitative estimate of drug-likeness (QED) is 0.700. The van der Waals surface area contributed by atoms with Crippen LogP contribution in [0.2, 0.25) is 0 Å². The zero-order chi connectivity index (χ0) is 12.2. The van der Waals surface area contributed by atoms with Gasteiger partial charge in [-0.2, -0.15) is 0 Å². The molecule has 3 rings (SSSR count). The minimum absolute atomic E-state index is 0.571. The molecule has 0 fully saturated rings. The van der Waals surface area contributed by atoms with Crippen LogP contribution in [0.1, 0.15) is 11.3 Å². The Bertz CT molecular complexity index is 617. The lowest BCUT2D eigenvalue weighted by molar-refractivity contribution is 0.570. The zero-order valence-electron chi connectivity index (χ0n) is 9.78. The van der Waals surface area contributed by atoms with Crippen molar-refractivity contribution < 1.29 is 4.42 Å². The Balaban J connectivity index is 1.82. The monoisotopic (exact) mass is 236 g/mol. The van der Waals surface area contributed by atoms with E-state index in [2.05, 4.69) is 22.1 Å². The van der Waals surface area contributed by atoms with Gasteiger partial charge in [-0.05, 0) is 17.7 Å². The largest absolute Gasteiger partial charge is 0.443 e. The van der Waals surface area contributed by atoms with E-state index in [9.17, 15) is 0 Å². The summed E-state index contributed by atoms with van der Waals surface area (Å²) in [5.74, 6) is 0.571. The molecule has 88 valence electrons. The maximum absolute atomic E-state index is 5.45. The molecular formula is C15H12N2O. The second-order valence-electron chi connectivity index (χ2n) is 4.02. The molecule has 0 unspecified atom stereocenters. The number of oxazole rings is 1. The van der Waals surface area contributed by atoms with Crippen molar-refractivity contribution in [3.05, 3.63) is 72.2 Å². The molecule has 0 atom stereocenters. The number of rotatable bonds is 3. The minimum Gasteiger partial charge on any atom is -0.443 e. The molecule has 3 aromatic rings. The average molecular weight is 236 g/mol. The van der Waals surface area contributed by atoms with Gasteiger partial charge >= 0.3 is 0 Å². The van der Waals surface area contributed by atoms with Gasteiger partial charge in [0, 0.05) is 12.6 Å². The van der Waals surface area contributed by atoms with Crippen LogP contribution in [0.15, 0.2) is 65.4 Å². The van der Waals surface area contributed by atoms with Crippen LogP contribution in [0.5, 0.6) is 0 Å². The van der Waals surface area contributed by atoms with Gasteiger partial charge in [0.1, 0.15) is 12.0 Å². The highest BCUT2D eigenvalue weighted by atomic mass is 16.3. The SMILES string of the molecule is c1ccc(Cc2coc(-c3ccccn3)n2)cc1. The average Bonchev–Trinajstić information content (AvgIpc) is 2.89. The summed E-state index contributed by atoms with van der Waals surface area (Å²) in [7, 11) is 0. The summed E-state index contributed by atoms with van der Waals surface area (Å²) in [5, 5.41) is 0. The Labute approximate surface area is 105 Å². The van der Waals surface area contributed by atoms with Crippen molar-refractivity contribution in [2.75, 3.05) is 0 Å². The first-order valence-electron chi connectivity index (χ1n) is 5.81. The molecule has 3 heteroatoms. The highest BCUT2D eigenvalue weighted by Gasteiger charge is 2.07. The van der Waals surface area contributed by atoms with Crippen LogP contribution in [-0.2, 0) is 6.42 Å². The number of benzene rings is 1. The molecule has 0 N–H and O–H groups in total. The topological polar surface area (TPSA) is 38.9 Å². The van der Waals surface area contributed by atoms with Crippen LogP contribution in [0, 0.1) is 0 Å². The zero-order valence-corrected chi connectivity index (χ0v) is 9.78. The van der Waals surface area contributed by atoms with E-state index in [-0.39, 0.29) is 0 Å². The molecule has 18 heavy (non-hydrogen) atoms. The highest BCUT2D eigenvalue weighted by molar-refractivity contribution is 5.46. The van der Waals surface area contributed by atoms with Crippen molar-refractivity contribution in [1.29, 1.82) is 0 Å². The first kappa shape index (κ1) is 10.7. The van der Waals surface area contributed by atoms with E-state index in [0.29, 0.717) is 5.89 Å². The second kappa shape index (κ2) is 4.84. The summed E-state index contributed by atoms with van der Waals surface area (Å²) < 4.78 is 5.45. The molecule has 0 spiro atoms. The molecule has 0 amide bonds. The van der Waals surface area contributed by atoms with Crippen LogP contribution in [0.4, 0.5) is 0 Å². The van der Waals surface area contributed by atoms with Crippen molar-refractivity contribution in [3.8, 4) is 11.6 Å². The first-order valence-corrected chi connectivity index (χ1v) is 5.81. The lowest BCUT2D eigenvalue weighted by Gasteiger charge is -1.95. The predicted molar refractivity (Wildman–Crippen MR) is 69.0 cm³/mol. The van der Waals surface area contributed by atoms with Crippen molar-refractivity contribution in [1.82, 2.24) is 9.97 Å². The molecule has 3 nitrogen and oxygen atoms in total. The van der Waals surface area contributed by atoms with Crippen LogP contribution in [0.3, 0.4) is 0 Å². The molecule has 0 saturated carbocycles. The van der Waals surface area contributed by atoms with Gasteiger partial charge in [0.05, 0.1) is 5.69 Å². The van der Waals surface area contributed by atoms with Crippen molar-refractivity contribution in [3.63, 3.8) is 0 Å². The maximum Gasteiger partial charge on any atom is 0.245 e. The summed E-state index contributed by atoms with van der Waals surface area (Å²) >= 11 is 0. The summed E-state index contributed by atoms with van der Waals surface area (Å²) in [6, 6.07) is 15.9. The van der Waals surface area contributed by atoms with Crippen molar-refractivity contribution in [2.24, 2.45) is 0 Å². The lowest BCUT2D eigenvalue weighted by atomic mass is 10.1. The summed E-state index contributed by atoms with van der Waals surface area (Å²) in [6.45, 7) is 0. The first-order chi connectivity index (χ1) is 8.92. The van der Waals surface area contributed by atoms with Gasteiger partial charge in [-0.25, -0.2) is 4.98 Å². The molecule has 0 aliphatic heterocycles. The van der Waals surface area contributed by atoms with Crippen molar-refractivity contribution >= 4 is 0 Å². The third-order valence-electron chi connectivity index (χ3n) is 2.66. The van der Waals surface area contributed by atoms with Gasteiger partial charge in [0.2, 0.25) is 5.89 Å². The number of hydrogen-bond donors (Lipinski definition) is 0. The standard InChI is InChI=1S/C15H12N2O/c1-2-6-12(7-3-1)10-13-11-18-15(17-13)14-8-4-5-9-16-14/h1-9,11H,10H2. The molecule has 0 saturated heterocycles. The van der Waals surface area contributed by atoms with Gasteiger partial charge in [0.15, 0.2) is 0 Å². The fourth-order valence-electron chi connectivity index (χ4n) is 1.80. The van der Waals surface area contributed by atoms with Crippen LogP contribution in [-0.4, -0.2) is 9.97 Å². The molecule has 1 aromatic carbocycles. The van der Waals surface area contributed by atoms with E-state index in [1.165, 1.54) is 5.56 Å². The number of nitrogens with zero attached hydrogens (tertiary/aromatic N) is 2. The van der Waals surface area contributed by atoms with E-state index in [0.717, 1.165) is 17.8 Å². The summed E-state index contributed by atoms with van der Waals surface area (Å²) in [6.07, 6.45) is 4.20. The fourth-order valence-corrected chi connectivity index (χ4v) is 1.80. The van der Waals surface area contributed by atoms with Gasteiger partial charge in [0.25, 0.3) is 0 Å². The van der Waals surface area contributed by atoms with E-state index in [4.69, 9.17) is 4.42 Å². The third kappa shape index (κ3) is 2.30. The van der Waals surface area contributed by atoms with Crippen LogP contribution >= 0.6 is 0 Å². The fraction of sp³-hybridized carbons (Fsp3) is 0.0667. The predicted octanol–water partition coefficient (Wildman–Crippen LogP) is 3.33. The molecule has 0 bridgehead atoms. The molecule has 2 aromatic heterocycles. The Kier molecular flexibility index (Phi) is 2.88. The number of pyridine rings is 1. The minimum atomic E-state index is 0.571. The Morgan fingerprint density at radius 3 is 2.56 bits per heavy atom. The van der Waals surface area contributed by atoms with Gasteiger partial charge < -0.3 is 4.42 Å². The summed E-state index contributed by atoms with van der Waals surface area (Å²) in [5.41, 5.74) is 2.90. The van der Waals surface area contributed by atoms with Gasteiger partial charge in [-0.1, -0.05) is 36.4 Å². The third-order valence-corrected chi connectivity index (χ3v) is 2.66. The van der Waals surface area contributed by atoms with E-state index < -0.39 is 0 Å². The van der Waals surface area contributed by atoms with E-state index in [1.54, 1.807) is 12.5 Å². The smallest absolute Gasteiger partial charge is 0.245 e.